The molecule has 0 aromatic heterocycles. The number of alkyl halides is 1. The van der Waals surface area contributed by atoms with Gasteiger partial charge in [-0.25, -0.2) is 0 Å². The lowest BCUT2D eigenvalue weighted by molar-refractivity contribution is -0.384. The van der Waals surface area contributed by atoms with Crippen molar-refractivity contribution in [2.24, 2.45) is 11.8 Å². The fourth-order valence-corrected chi connectivity index (χ4v) is 2.33. The van der Waals surface area contributed by atoms with Crippen LogP contribution in [0.3, 0.4) is 0 Å². The van der Waals surface area contributed by atoms with E-state index in [0.29, 0.717) is 11.8 Å². The zero-order valence-corrected chi connectivity index (χ0v) is 11.1. The molecular weight excluding hydrogens is 238 g/mol. The lowest BCUT2D eigenvalue weighted by atomic mass is 9.87. The predicted octanol–water partition coefficient (Wildman–Crippen LogP) is 4.04. The van der Waals surface area contributed by atoms with Crippen LogP contribution >= 0.6 is 11.6 Å². The van der Waals surface area contributed by atoms with Crippen LogP contribution in [-0.2, 0) is 6.42 Å². The monoisotopic (exact) mass is 255 g/mol. The first kappa shape index (κ1) is 14.0. The van der Waals surface area contributed by atoms with Crippen molar-refractivity contribution < 1.29 is 4.92 Å². The molecule has 0 bridgehead atoms. The molecule has 2 unspecified atom stereocenters. The van der Waals surface area contributed by atoms with E-state index in [0.717, 1.165) is 12.0 Å². The van der Waals surface area contributed by atoms with Gasteiger partial charge in [0.25, 0.3) is 5.69 Å². The van der Waals surface area contributed by atoms with Crippen molar-refractivity contribution in [1.82, 2.24) is 0 Å². The Balaban J connectivity index is 2.77. The molecule has 0 aliphatic carbocycles. The van der Waals surface area contributed by atoms with Gasteiger partial charge in [0, 0.05) is 17.5 Å². The summed E-state index contributed by atoms with van der Waals surface area (Å²) in [4.78, 5) is 10.2. The molecule has 2 atom stereocenters. The fraction of sp³-hybridized carbons (Fsp3) is 0.538. The molecular formula is C13H18ClNO2. The molecule has 0 radical (unpaired) electrons. The molecule has 0 heterocycles. The number of hydrogen-bond acceptors (Lipinski definition) is 2. The Kier molecular flexibility index (Phi) is 4.94. The zero-order valence-electron chi connectivity index (χ0n) is 10.4. The van der Waals surface area contributed by atoms with E-state index in [4.69, 9.17) is 11.6 Å². The fourth-order valence-electron chi connectivity index (χ4n) is 1.95. The lowest BCUT2D eigenvalue weighted by Crippen LogP contribution is -2.20. The largest absolute Gasteiger partial charge is 0.269 e. The van der Waals surface area contributed by atoms with E-state index in [1.54, 1.807) is 12.1 Å². The highest BCUT2D eigenvalue weighted by Crippen LogP contribution is 2.25. The Morgan fingerprint density at radius 2 is 1.76 bits per heavy atom. The number of rotatable bonds is 5. The molecule has 1 rings (SSSR count). The van der Waals surface area contributed by atoms with Gasteiger partial charge in [-0.2, -0.15) is 0 Å². The molecule has 0 aliphatic rings. The van der Waals surface area contributed by atoms with Crippen LogP contribution in [-0.4, -0.2) is 10.3 Å². The molecule has 0 N–H and O–H groups in total. The van der Waals surface area contributed by atoms with Crippen LogP contribution in [0.2, 0.25) is 0 Å². The van der Waals surface area contributed by atoms with Gasteiger partial charge in [-0.1, -0.05) is 26.0 Å². The first-order valence-corrected chi connectivity index (χ1v) is 6.23. The molecule has 0 aliphatic heterocycles. The van der Waals surface area contributed by atoms with Gasteiger partial charge in [-0.05, 0) is 30.7 Å². The predicted molar refractivity (Wildman–Crippen MR) is 70.4 cm³/mol. The second kappa shape index (κ2) is 6.01. The molecule has 0 spiro atoms. The molecule has 0 fully saturated rings. The SMILES string of the molecule is CC(C)C(Cc1ccc([N+](=O)[O-])cc1)C(C)Cl. The third kappa shape index (κ3) is 4.00. The van der Waals surface area contributed by atoms with E-state index in [2.05, 4.69) is 13.8 Å². The minimum Gasteiger partial charge on any atom is -0.258 e. The van der Waals surface area contributed by atoms with Crippen molar-refractivity contribution in [2.75, 3.05) is 0 Å². The summed E-state index contributed by atoms with van der Waals surface area (Å²) in [5, 5.41) is 10.6. The van der Waals surface area contributed by atoms with Crippen LogP contribution in [0, 0.1) is 22.0 Å². The van der Waals surface area contributed by atoms with E-state index in [1.165, 1.54) is 0 Å². The summed E-state index contributed by atoms with van der Waals surface area (Å²) < 4.78 is 0. The highest BCUT2D eigenvalue weighted by atomic mass is 35.5. The maximum atomic E-state index is 10.5. The third-order valence-corrected chi connectivity index (χ3v) is 3.39. The third-order valence-electron chi connectivity index (χ3n) is 3.06. The van der Waals surface area contributed by atoms with Crippen LogP contribution in [0.4, 0.5) is 5.69 Å². The van der Waals surface area contributed by atoms with Crippen molar-refractivity contribution in [3.63, 3.8) is 0 Å². The molecule has 17 heavy (non-hydrogen) atoms. The Morgan fingerprint density at radius 3 is 2.12 bits per heavy atom. The smallest absolute Gasteiger partial charge is 0.258 e. The summed E-state index contributed by atoms with van der Waals surface area (Å²) in [5.74, 6) is 0.885. The number of benzene rings is 1. The maximum Gasteiger partial charge on any atom is 0.269 e. The minimum atomic E-state index is -0.381. The summed E-state index contributed by atoms with van der Waals surface area (Å²) in [5.41, 5.74) is 1.23. The van der Waals surface area contributed by atoms with Crippen LogP contribution < -0.4 is 0 Å². The molecule has 0 amide bonds. The average Bonchev–Trinajstić information content (AvgIpc) is 2.25. The van der Waals surface area contributed by atoms with E-state index in [1.807, 2.05) is 19.1 Å². The van der Waals surface area contributed by atoms with E-state index in [9.17, 15) is 10.1 Å². The molecule has 0 saturated carbocycles. The Hall–Kier alpha value is -1.09. The van der Waals surface area contributed by atoms with Crippen molar-refractivity contribution in [3.05, 3.63) is 39.9 Å². The van der Waals surface area contributed by atoms with Crippen LogP contribution in [0.15, 0.2) is 24.3 Å². The van der Waals surface area contributed by atoms with Gasteiger partial charge < -0.3 is 0 Å². The highest BCUT2D eigenvalue weighted by molar-refractivity contribution is 6.20. The van der Waals surface area contributed by atoms with Gasteiger partial charge in [0.2, 0.25) is 0 Å². The molecule has 0 saturated heterocycles. The number of halogens is 1. The minimum absolute atomic E-state index is 0.102. The Bertz CT molecular complexity index is 366. The molecule has 1 aromatic rings. The molecule has 94 valence electrons. The number of non-ortho nitro benzene ring substituents is 1. The Morgan fingerprint density at radius 1 is 1.24 bits per heavy atom. The van der Waals surface area contributed by atoms with Gasteiger partial charge in [-0.15, -0.1) is 11.6 Å². The lowest BCUT2D eigenvalue weighted by Gasteiger charge is -2.23. The van der Waals surface area contributed by atoms with E-state index < -0.39 is 0 Å². The van der Waals surface area contributed by atoms with E-state index >= 15 is 0 Å². The number of nitrogens with zero attached hydrogens (tertiary/aromatic N) is 1. The van der Waals surface area contributed by atoms with Crippen LogP contribution in [0.5, 0.6) is 0 Å². The van der Waals surface area contributed by atoms with E-state index in [-0.39, 0.29) is 16.0 Å². The van der Waals surface area contributed by atoms with Gasteiger partial charge >= 0.3 is 0 Å². The first-order chi connectivity index (χ1) is 7.91. The quantitative estimate of drug-likeness (QED) is 0.453. The van der Waals surface area contributed by atoms with Crippen molar-refractivity contribution in [1.29, 1.82) is 0 Å². The van der Waals surface area contributed by atoms with Crippen LogP contribution in [0.25, 0.3) is 0 Å². The van der Waals surface area contributed by atoms with Crippen LogP contribution in [0.1, 0.15) is 26.3 Å². The number of nitro groups is 1. The van der Waals surface area contributed by atoms with Gasteiger partial charge in [0.15, 0.2) is 0 Å². The maximum absolute atomic E-state index is 10.5. The second-order valence-electron chi connectivity index (χ2n) is 4.71. The van der Waals surface area contributed by atoms with Gasteiger partial charge in [0.1, 0.15) is 0 Å². The number of hydrogen-bond donors (Lipinski definition) is 0. The average molecular weight is 256 g/mol. The number of nitro benzene ring substituents is 1. The normalized spacial score (nSPS) is 14.6. The molecule has 1 aromatic carbocycles. The zero-order chi connectivity index (χ0) is 13.0. The van der Waals surface area contributed by atoms with Crippen molar-refractivity contribution >= 4 is 17.3 Å². The summed E-state index contributed by atoms with van der Waals surface area (Å²) in [7, 11) is 0. The topological polar surface area (TPSA) is 43.1 Å². The summed E-state index contributed by atoms with van der Waals surface area (Å²) in [6.45, 7) is 6.29. The summed E-state index contributed by atoms with van der Waals surface area (Å²) in [6, 6.07) is 6.72. The molecule has 4 heteroatoms. The standard InChI is InChI=1S/C13H18ClNO2/c1-9(2)13(10(3)14)8-11-4-6-12(7-5-11)15(16)17/h4-7,9-10,13H,8H2,1-3H3. The summed E-state index contributed by atoms with van der Waals surface area (Å²) >= 11 is 6.16. The second-order valence-corrected chi connectivity index (χ2v) is 5.40. The first-order valence-electron chi connectivity index (χ1n) is 5.79. The molecule has 3 nitrogen and oxygen atoms in total. The van der Waals surface area contributed by atoms with Crippen molar-refractivity contribution in [2.45, 2.75) is 32.6 Å². The van der Waals surface area contributed by atoms with Gasteiger partial charge in [-0.3, -0.25) is 10.1 Å². The Labute approximate surface area is 107 Å². The van der Waals surface area contributed by atoms with Gasteiger partial charge in [0.05, 0.1) is 4.92 Å². The van der Waals surface area contributed by atoms with Crippen molar-refractivity contribution in [3.8, 4) is 0 Å². The summed E-state index contributed by atoms with van der Waals surface area (Å²) in [6.07, 6.45) is 0.861. The highest BCUT2D eigenvalue weighted by Gasteiger charge is 2.19.